The predicted molar refractivity (Wildman–Crippen MR) is 124 cm³/mol. The molecule has 1 aliphatic rings. The van der Waals surface area contributed by atoms with Crippen molar-refractivity contribution in [3.05, 3.63) is 51.7 Å². The summed E-state index contributed by atoms with van der Waals surface area (Å²) in [5.41, 5.74) is 1.29. The number of aliphatic carboxylic acids is 1. The number of hydrogen-bond donors (Lipinski definition) is 2. The number of nitrogens with zero attached hydrogens (tertiary/aromatic N) is 6. The molecule has 3 aromatic rings. The molecule has 4 rings (SSSR count). The summed E-state index contributed by atoms with van der Waals surface area (Å²) in [5, 5.41) is 24.0. The first-order valence-electron chi connectivity index (χ1n) is 10.9. The van der Waals surface area contributed by atoms with Gasteiger partial charge < -0.3 is 15.3 Å². The van der Waals surface area contributed by atoms with Crippen molar-refractivity contribution in [1.82, 2.24) is 24.6 Å². The Morgan fingerprint density at radius 3 is 2.54 bits per heavy atom. The Hall–Kier alpha value is -4.43. The molecule has 10 nitrogen and oxygen atoms in total. The van der Waals surface area contributed by atoms with Crippen LogP contribution in [0.4, 0.5) is 23.5 Å². The van der Waals surface area contributed by atoms with Crippen molar-refractivity contribution in [1.29, 1.82) is 5.26 Å². The molecule has 194 valence electrons. The fourth-order valence-corrected chi connectivity index (χ4v) is 3.55. The molecule has 0 spiro atoms. The molecule has 14 heteroatoms. The summed E-state index contributed by atoms with van der Waals surface area (Å²) in [6, 6.07) is 5.89. The number of benzene rings is 1. The minimum atomic E-state index is -5.08. The molecule has 1 fully saturated rings. The minimum absolute atomic E-state index is 0.0611. The molecule has 0 saturated carbocycles. The van der Waals surface area contributed by atoms with Crippen molar-refractivity contribution in [3.63, 3.8) is 0 Å². The van der Waals surface area contributed by atoms with Gasteiger partial charge in [-0.05, 0) is 24.6 Å². The van der Waals surface area contributed by atoms with Gasteiger partial charge in [0.25, 0.3) is 5.56 Å². The molecule has 0 unspecified atom stereocenters. The highest BCUT2D eigenvalue weighted by Gasteiger charge is 2.38. The van der Waals surface area contributed by atoms with E-state index in [1.165, 1.54) is 16.8 Å². The highest BCUT2D eigenvalue weighted by Crippen LogP contribution is 2.21. The first-order valence-corrected chi connectivity index (χ1v) is 10.9. The van der Waals surface area contributed by atoms with Crippen LogP contribution in [0.2, 0.25) is 0 Å². The maximum absolute atomic E-state index is 13.4. The first-order chi connectivity index (χ1) is 17.6. The minimum Gasteiger partial charge on any atom is -0.475 e. The lowest BCUT2D eigenvalue weighted by Gasteiger charge is -2.28. The zero-order valence-electron chi connectivity index (χ0n) is 19.5. The molecule has 0 bridgehead atoms. The smallest absolute Gasteiger partial charge is 0.475 e. The van der Waals surface area contributed by atoms with Crippen molar-refractivity contribution < 1.29 is 27.5 Å². The average Bonchev–Trinajstić information content (AvgIpc) is 3.25. The van der Waals surface area contributed by atoms with Crippen LogP contribution in [0.25, 0.3) is 11.0 Å². The second-order valence-electron chi connectivity index (χ2n) is 7.72. The van der Waals surface area contributed by atoms with E-state index in [0.29, 0.717) is 29.1 Å². The quantitative estimate of drug-likeness (QED) is 0.394. The summed E-state index contributed by atoms with van der Waals surface area (Å²) >= 11 is 0. The van der Waals surface area contributed by atoms with Crippen LogP contribution in [0.15, 0.2) is 29.2 Å². The topological polar surface area (TPSA) is 129 Å². The second kappa shape index (κ2) is 11.5. The highest BCUT2D eigenvalue weighted by atomic mass is 19.4. The van der Waals surface area contributed by atoms with Gasteiger partial charge in [-0.15, -0.1) is 5.92 Å². The third-order valence-corrected chi connectivity index (χ3v) is 5.30. The molecule has 1 aliphatic heterocycles. The number of nitriles is 1. The van der Waals surface area contributed by atoms with Gasteiger partial charge in [0, 0.05) is 26.2 Å². The molecule has 2 aromatic heterocycles. The Morgan fingerprint density at radius 2 is 1.95 bits per heavy atom. The summed E-state index contributed by atoms with van der Waals surface area (Å²) in [4.78, 5) is 29.0. The Balaban J connectivity index is 0.000000479. The normalized spacial score (nSPS) is 13.2. The molecule has 0 atom stereocenters. The van der Waals surface area contributed by atoms with E-state index in [0.717, 1.165) is 32.2 Å². The van der Waals surface area contributed by atoms with Crippen LogP contribution in [0.1, 0.15) is 18.1 Å². The van der Waals surface area contributed by atoms with Crippen molar-refractivity contribution in [2.75, 3.05) is 31.1 Å². The molecule has 0 amide bonds. The van der Waals surface area contributed by atoms with E-state index in [1.807, 2.05) is 10.6 Å². The maximum atomic E-state index is 13.4. The Kier molecular flexibility index (Phi) is 8.47. The van der Waals surface area contributed by atoms with E-state index in [-0.39, 0.29) is 17.7 Å². The lowest BCUT2D eigenvalue weighted by Crippen LogP contribution is -2.44. The number of halogens is 4. The Morgan fingerprint density at radius 1 is 1.27 bits per heavy atom. The van der Waals surface area contributed by atoms with Crippen LogP contribution >= 0.6 is 0 Å². The number of anilines is 1. The van der Waals surface area contributed by atoms with Gasteiger partial charge in [-0.1, -0.05) is 12.0 Å². The first kappa shape index (κ1) is 27.2. The number of carboxylic acid groups (broad SMARTS) is 1. The molecule has 1 aromatic carbocycles. The second-order valence-corrected chi connectivity index (χ2v) is 7.72. The standard InChI is InChI=1S/C21H20FN7O.C2HF3O2/c1-2-3-8-28-19-18(26-21(28)27-9-6-24-7-10-27)13-25-29(20(19)30)14-15-4-5-17(22)11-16(15)12-23;3-2(4,5)1(6)7/h4-5,11,13,24H,6-10,14H2,1H3;(H,6,7). The molecule has 3 heterocycles. The van der Waals surface area contributed by atoms with Crippen LogP contribution in [0.3, 0.4) is 0 Å². The number of piperazine rings is 1. The van der Waals surface area contributed by atoms with Crippen molar-refractivity contribution in [2.45, 2.75) is 26.2 Å². The van der Waals surface area contributed by atoms with E-state index in [1.54, 1.807) is 13.1 Å². The van der Waals surface area contributed by atoms with Gasteiger partial charge in [0.2, 0.25) is 5.95 Å². The van der Waals surface area contributed by atoms with Crippen LogP contribution < -0.4 is 15.8 Å². The molecular weight excluding hydrogens is 498 g/mol. The number of alkyl halides is 3. The van der Waals surface area contributed by atoms with Gasteiger partial charge >= 0.3 is 12.1 Å². The summed E-state index contributed by atoms with van der Waals surface area (Å²) in [7, 11) is 0. The SMILES string of the molecule is CC#CCn1c(N2CCNCC2)nc2cnn(Cc3ccc(F)cc3C#N)c(=O)c21.O=C(O)C(F)(F)F. The summed E-state index contributed by atoms with van der Waals surface area (Å²) in [5.74, 6) is 3.34. The lowest BCUT2D eigenvalue weighted by atomic mass is 10.1. The lowest BCUT2D eigenvalue weighted by molar-refractivity contribution is -0.192. The zero-order valence-corrected chi connectivity index (χ0v) is 19.5. The third kappa shape index (κ3) is 6.42. The molecule has 1 saturated heterocycles. The summed E-state index contributed by atoms with van der Waals surface area (Å²) in [6.45, 7) is 5.40. The maximum Gasteiger partial charge on any atom is 0.490 e. The van der Waals surface area contributed by atoms with E-state index < -0.39 is 18.0 Å². The van der Waals surface area contributed by atoms with Crippen LogP contribution in [0.5, 0.6) is 0 Å². The van der Waals surface area contributed by atoms with Gasteiger partial charge in [-0.25, -0.2) is 18.9 Å². The van der Waals surface area contributed by atoms with E-state index in [9.17, 15) is 27.6 Å². The summed E-state index contributed by atoms with van der Waals surface area (Å²) < 4.78 is 48.3. The number of carboxylic acids is 1. The number of carbonyl (C=O) groups is 1. The van der Waals surface area contributed by atoms with Crippen molar-refractivity contribution in [2.24, 2.45) is 0 Å². The molecule has 0 radical (unpaired) electrons. The summed E-state index contributed by atoms with van der Waals surface area (Å²) in [6.07, 6.45) is -3.53. The van der Waals surface area contributed by atoms with E-state index in [2.05, 4.69) is 32.1 Å². The highest BCUT2D eigenvalue weighted by molar-refractivity contribution is 5.77. The van der Waals surface area contributed by atoms with Crippen LogP contribution in [0, 0.1) is 29.0 Å². The zero-order chi connectivity index (χ0) is 27.2. The van der Waals surface area contributed by atoms with Crippen LogP contribution in [-0.4, -0.2) is 62.8 Å². The van der Waals surface area contributed by atoms with Gasteiger partial charge in [-0.3, -0.25) is 9.36 Å². The third-order valence-electron chi connectivity index (χ3n) is 5.30. The number of hydrogen-bond acceptors (Lipinski definition) is 7. The Labute approximate surface area is 207 Å². The number of fused-ring (bicyclic) bond motifs is 1. The van der Waals surface area contributed by atoms with Crippen molar-refractivity contribution >= 4 is 23.0 Å². The molecular formula is C23H21F4N7O3. The van der Waals surface area contributed by atoms with Gasteiger partial charge in [0.15, 0.2) is 0 Å². The van der Waals surface area contributed by atoms with Gasteiger partial charge in [-0.2, -0.15) is 23.5 Å². The number of rotatable bonds is 4. The van der Waals surface area contributed by atoms with Gasteiger partial charge in [0.05, 0.1) is 30.9 Å². The monoisotopic (exact) mass is 519 g/mol. The predicted octanol–water partition coefficient (Wildman–Crippen LogP) is 1.72. The molecule has 37 heavy (non-hydrogen) atoms. The van der Waals surface area contributed by atoms with E-state index in [4.69, 9.17) is 9.90 Å². The molecule has 2 N–H and O–H groups in total. The Bertz CT molecular complexity index is 1460. The number of imidazole rings is 1. The van der Waals surface area contributed by atoms with Gasteiger partial charge in [0.1, 0.15) is 16.9 Å². The molecule has 0 aliphatic carbocycles. The fraction of sp³-hybridized carbons (Fsp3) is 0.348. The number of aromatic nitrogens is 4. The number of nitrogens with one attached hydrogen (secondary N) is 1. The average molecular weight is 519 g/mol. The van der Waals surface area contributed by atoms with Crippen molar-refractivity contribution in [3.8, 4) is 17.9 Å². The fourth-order valence-electron chi connectivity index (χ4n) is 3.55. The largest absolute Gasteiger partial charge is 0.490 e. The van der Waals surface area contributed by atoms with E-state index >= 15 is 0 Å². The van der Waals surface area contributed by atoms with Crippen LogP contribution in [-0.2, 0) is 17.9 Å².